The Kier molecular flexibility index (Phi) is 2.52. The molecule has 1 aromatic heterocycles. The summed E-state index contributed by atoms with van der Waals surface area (Å²) in [6, 6.07) is 12.5. The lowest BCUT2D eigenvalue weighted by molar-refractivity contribution is 1.22. The minimum absolute atomic E-state index is 0. The molecule has 0 unspecified atom stereocenters. The van der Waals surface area contributed by atoms with Crippen LogP contribution in [0.2, 0.25) is 0 Å². The molecule has 0 aliphatic carbocycles. The first-order chi connectivity index (χ1) is 6.93. The Morgan fingerprint density at radius 3 is 2.40 bits per heavy atom. The number of fused-ring (bicyclic) bond motifs is 2. The van der Waals surface area contributed by atoms with Gasteiger partial charge in [0.1, 0.15) is 6.33 Å². The van der Waals surface area contributed by atoms with Crippen LogP contribution in [0.25, 0.3) is 21.7 Å². The van der Waals surface area contributed by atoms with Gasteiger partial charge in [0.15, 0.2) is 0 Å². The second-order valence-corrected chi connectivity index (χ2v) is 3.28. The quantitative estimate of drug-likeness (QED) is 0.540. The molecule has 74 valence electrons. The van der Waals surface area contributed by atoms with Gasteiger partial charge in [0.25, 0.3) is 0 Å². The van der Waals surface area contributed by atoms with Gasteiger partial charge in [0.2, 0.25) is 0 Å². The van der Waals surface area contributed by atoms with E-state index < -0.39 is 0 Å². The Balaban J connectivity index is 0.000000853. The van der Waals surface area contributed by atoms with E-state index in [2.05, 4.69) is 34.2 Å². The summed E-state index contributed by atoms with van der Waals surface area (Å²) in [7, 11) is 0. The van der Waals surface area contributed by atoms with Gasteiger partial charge in [-0.2, -0.15) is 0 Å². The number of rotatable bonds is 0. The fourth-order valence-corrected chi connectivity index (χ4v) is 1.67. The first-order valence-electron chi connectivity index (χ1n) is 4.52. The van der Waals surface area contributed by atoms with E-state index in [9.17, 15) is 0 Å². The number of nitrogens with zero attached hydrogens (tertiary/aromatic N) is 2. The molecule has 0 spiro atoms. The fourth-order valence-electron chi connectivity index (χ4n) is 1.67. The summed E-state index contributed by atoms with van der Waals surface area (Å²) < 4.78 is 0. The van der Waals surface area contributed by atoms with Crippen molar-refractivity contribution in [3.05, 3.63) is 48.9 Å². The largest absolute Gasteiger partial charge is 0.244 e. The molecule has 3 heteroatoms. The third-order valence-corrected chi connectivity index (χ3v) is 2.37. The smallest absolute Gasteiger partial charge is 0.116 e. The third kappa shape index (κ3) is 1.64. The van der Waals surface area contributed by atoms with E-state index in [1.54, 1.807) is 6.33 Å². The Morgan fingerprint density at radius 1 is 0.867 bits per heavy atom. The second kappa shape index (κ2) is 3.83. The van der Waals surface area contributed by atoms with Gasteiger partial charge < -0.3 is 0 Å². The molecule has 2 nitrogen and oxygen atoms in total. The van der Waals surface area contributed by atoms with Crippen LogP contribution in [0, 0.1) is 0 Å². The van der Waals surface area contributed by atoms with Gasteiger partial charge in [-0.15, -0.1) is 12.4 Å². The monoisotopic (exact) mass is 216 g/mol. The maximum Gasteiger partial charge on any atom is 0.116 e. The van der Waals surface area contributed by atoms with Crippen molar-refractivity contribution >= 4 is 34.1 Å². The summed E-state index contributed by atoms with van der Waals surface area (Å²) in [5.41, 5.74) is 0.999. The van der Waals surface area contributed by atoms with Gasteiger partial charge in [-0.25, -0.2) is 9.97 Å². The van der Waals surface area contributed by atoms with Crippen LogP contribution in [-0.4, -0.2) is 9.97 Å². The third-order valence-electron chi connectivity index (χ3n) is 2.37. The van der Waals surface area contributed by atoms with Crippen LogP contribution in [0.3, 0.4) is 0 Å². The van der Waals surface area contributed by atoms with Gasteiger partial charge >= 0.3 is 0 Å². The summed E-state index contributed by atoms with van der Waals surface area (Å²) in [5.74, 6) is 0. The standard InChI is InChI=1S/C12H8N2.ClH/c1-2-4-10-6-12-11(5-9(10)3-1)7-13-8-14-12;/h1-8H;1H. The molecule has 0 bridgehead atoms. The molecule has 1 heterocycles. The number of hydrogen-bond donors (Lipinski definition) is 0. The molecule has 0 saturated heterocycles. The number of benzene rings is 2. The van der Waals surface area contributed by atoms with Crippen LogP contribution >= 0.6 is 12.4 Å². The molecular formula is C12H9ClN2. The zero-order valence-corrected chi connectivity index (χ0v) is 8.74. The maximum absolute atomic E-state index is 4.22. The van der Waals surface area contributed by atoms with Crippen LogP contribution in [-0.2, 0) is 0 Å². The molecule has 3 rings (SSSR count). The maximum atomic E-state index is 4.22. The van der Waals surface area contributed by atoms with E-state index in [4.69, 9.17) is 0 Å². The zero-order chi connectivity index (χ0) is 9.38. The average molecular weight is 217 g/mol. The molecule has 0 fully saturated rings. The molecule has 0 aliphatic heterocycles. The Morgan fingerprint density at radius 2 is 1.60 bits per heavy atom. The Labute approximate surface area is 93.4 Å². The van der Waals surface area contributed by atoms with Crippen molar-refractivity contribution in [2.24, 2.45) is 0 Å². The molecule has 0 N–H and O–H groups in total. The van der Waals surface area contributed by atoms with Gasteiger partial charge in [0, 0.05) is 11.6 Å². The van der Waals surface area contributed by atoms with Gasteiger partial charge in [-0.1, -0.05) is 24.3 Å². The Hall–Kier alpha value is -1.67. The molecule has 0 saturated carbocycles. The first-order valence-corrected chi connectivity index (χ1v) is 4.52. The molecule has 0 radical (unpaired) electrons. The predicted octanol–water partition coefficient (Wildman–Crippen LogP) is 3.20. The lowest BCUT2D eigenvalue weighted by Crippen LogP contribution is -1.81. The minimum Gasteiger partial charge on any atom is -0.244 e. The summed E-state index contributed by atoms with van der Waals surface area (Å²) in [4.78, 5) is 8.23. The topological polar surface area (TPSA) is 25.8 Å². The van der Waals surface area contributed by atoms with Crippen LogP contribution in [0.4, 0.5) is 0 Å². The van der Waals surface area contributed by atoms with Crippen molar-refractivity contribution in [1.29, 1.82) is 0 Å². The number of hydrogen-bond acceptors (Lipinski definition) is 2. The van der Waals surface area contributed by atoms with E-state index in [0.717, 1.165) is 10.9 Å². The van der Waals surface area contributed by atoms with E-state index in [-0.39, 0.29) is 12.4 Å². The van der Waals surface area contributed by atoms with Gasteiger partial charge in [-0.3, -0.25) is 0 Å². The fraction of sp³-hybridized carbons (Fsp3) is 0. The first kappa shape index (κ1) is 9.87. The van der Waals surface area contributed by atoms with E-state index in [1.165, 1.54) is 10.8 Å². The summed E-state index contributed by atoms with van der Waals surface area (Å²) >= 11 is 0. The summed E-state index contributed by atoms with van der Waals surface area (Å²) in [6.45, 7) is 0. The summed E-state index contributed by atoms with van der Waals surface area (Å²) in [5, 5.41) is 3.54. The molecule has 0 aliphatic rings. The minimum atomic E-state index is 0. The van der Waals surface area contributed by atoms with Gasteiger partial charge in [0.05, 0.1) is 5.52 Å². The number of aromatic nitrogens is 2. The molecule has 2 aromatic carbocycles. The van der Waals surface area contributed by atoms with Crippen molar-refractivity contribution in [3.8, 4) is 0 Å². The average Bonchev–Trinajstić information content (AvgIpc) is 2.26. The normalized spacial score (nSPS) is 10.1. The molecule has 15 heavy (non-hydrogen) atoms. The Bertz CT molecular complexity index is 502. The molecule has 3 aromatic rings. The van der Waals surface area contributed by atoms with Crippen LogP contribution in [0.5, 0.6) is 0 Å². The zero-order valence-electron chi connectivity index (χ0n) is 7.92. The van der Waals surface area contributed by atoms with Gasteiger partial charge in [-0.05, 0) is 22.9 Å². The van der Waals surface area contributed by atoms with Crippen molar-refractivity contribution in [2.45, 2.75) is 0 Å². The molecule has 0 amide bonds. The highest BCUT2D eigenvalue weighted by atomic mass is 35.5. The highest BCUT2D eigenvalue weighted by Gasteiger charge is 1.96. The van der Waals surface area contributed by atoms with Crippen LogP contribution < -0.4 is 0 Å². The second-order valence-electron chi connectivity index (χ2n) is 3.28. The number of halogens is 1. The highest BCUT2D eigenvalue weighted by molar-refractivity contribution is 5.95. The van der Waals surface area contributed by atoms with Crippen molar-refractivity contribution < 1.29 is 0 Å². The van der Waals surface area contributed by atoms with Crippen molar-refractivity contribution in [1.82, 2.24) is 9.97 Å². The van der Waals surface area contributed by atoms with E-state index in [1.807, 2.05) is 18.3 Å². The van der Waals surface area contributed by atoms with Crippen molar-refractivity contribution in [3.63, 3.8) is 0 Å². The SMILES string of the molecule is Cl.c1ccc2cc3ncncc3cc2c1. The van der Waals surface area contributed by atoms with Crippen molar-refractivity contribution in [2.75, 3.05) is 0 Å². The summed E-state index contributed by atoms with van der Waals surface area (Å²) in [6.07, 6.45) is 3.42. The lowest BCUT2D eigenvalue weighted by atomic mass is 10.1. The van der Waals surface area contributed by atoms with Crippen LogP contribution in [0.15, 0.2) is 48.9 Å². The lowest BCUT2D eigenvalue weighted by Gasteiger charge is -1.99. The molecular weight excluding hydrogens is 208 g/mol. The highest BCUT2D eigenvalue weighted by Crippen LogP contribution is 2.19. The van der Waals surface area contributed by atoms with E-state index >= 15 is 0 Å². The van der Waals surface area contributed by atoms with E-state index in [0.29, 0.717) is 0 Å². The molecule has 0 atom stereocenters. The van der Waals surface area contributed by atoms with Crippen LogP contribution in [0.1, 0.15) is 0 Å². The predicted molar refractivity (Wildman–Crippen MR) is 64.3 cm³/mol.